The van der Waals surface area contributed by atoms with Gasteiger partial charge in [0.05, 0.1) is 11.0 Å². The maximum atomic E-state index is 12.7. The van der Waals surface area contributed by atoms with Gasteiger partial charge in [-0.25, -0.2) is 9.97 Å². The van der Waals surface area contributed by atoms with Crippen molar-refractivity contribution in [1.82, 2.24) is 14.5 Å². The Labute approximate surface area is 132 Å². The summed E-state index contributed by atoms with van der Waals surface area (Å²) < 4.78 is 26.8. The first kappa shape index (κ1) is 14.9. The molecule has 2 heterocycles. The van der Waals surface area contributed by atoms with Crippen molar-refractivity contribution >= 4 is 45.2 Å². The fourth-order valence-corrected chi connectivity index (χ4v) is 3.11. The van der Waals surface area contributed by atoms with Crippen LogP contribution in [0.3, 0.4) is 0 Å². The van der Waals surface area contributed by atoms with Gasteiger partial charge in [-0.2, -0.15) is 8.78 Å². The standard InChI is InChI=1S/C13H10F2N4OS2/c14-11(15)22-13-17-8-3-1-2-4-9(8)19(13)7-10(20)18-12-16-5-6-21-12/h1-6,11H,7H2,(H,16,18,20). The molecule has 0 saturated carbocycles. The third-order valence-electron chi connectivity index (χ3n) is 2.79. The third-order valence-corrected chi connectivity index (χ3v) is 4.18. The number of thiazole rings is 1. The monoisotopic (exact) mass is 340 g/mol. The first-order valence-corrected chi connectivity index (χ1v) is 7.99. The number of para-hydroxylation sites is 2. The van der Waals surface area contributed by atoms with Gasteiger partial charge in [-0.15, -0.1) is 11.3 Å². The average Bonchev–Trinajstić information content (AvgIpc) is 3.07. The zero-order valence-electron chi connectivity index (χ0n) is 11.1. The van der Waals surface area contributed by atoms with Crippen LogP contribution in [0.15, 0.2) is 41.0 Å². The number of hydrogen-bond acceptors (Lipinski definition) is 5. The average molecular weight is 340 g/mol. The fraction of sp³-hybridized carbons (Fsp3) is 0.154. The SMILES string of the molecule is O=C(Cn1c(SC(F)F)nc2ccccc21)Nc1nccs1. The zero-order valence-corrected chi connectivity index (χ0v) is 12.7. The lowest BCUT2D eigenvalue weighted by Crippen LogP contribution is -2.19. The largest absolute Gasteiger partial charge is 0.309 e. The zero-order chi connectivity index (χ0) is 15.5. The summed E-state index contributed by atoms with van der Waals surface area (Å²) >= 11 is 1.62. The van der Waals surface area contributed by atoms with Crippen molar-refractivity contribution in [2.75, 3.05) is 5.32 Å². The molecule has 0 saturated heterocycles. The van der Waals surface area contributed by atoms with Gasteiger partial charge in [-0.3, -0.25) is 4.79 Å². The van der Waals surface area contributed by atoms with Crippen molar-refractivity contribution in [3.8, 4) is 0 Å². The van der Waals surface area contributed by atoms with Crippen molar-refractivity contribution in [2.24, 2.45) is 0 Å². The summed E-state index contributed by atoms with van der Waals surface area (Å²) in [6, 6.07) is 7.01. The number of halogens is 2. The first-order valence-electron chi connectivity index (χ1n) is 6.23. The normalized spacial score (nSPS) is 11.2. The lowest BCUT2D eigenvalue weighted by Gasteiger charge is -2.08. The Bertz CT molecular complexity index is 789. The molecular formula is C13H10F2N4OS2. The number of anilines is 1. The minimum Gasteiger partial charge on any atom is -0.309 e. The molecule has 0 radical (unpaired) electrons. The molecule has 0 aliphatic rings. The number of amides is 1. The van der Waals surface area contributed by atoms with Crippen LogP contribution in [0.25, 0.3) is 11.0 Å². The van der Waals surface area contributed by atoms with Gasteiger partial charge >= 0.3 is 0 Å². The van der Waals surface area contributed by atoms with Gasteiger partial charge in [-0.1, -0.05) is 12.1 Å². The number of fused-ring (bicyclic) bond motifs is 1. The van der Waals surface area contributed by atoms with Crippen LogP contribution >= 0.6 is 23.1 Å². The number of carbonyl (C=O) groups is 1. The molecule has 0 bridgehead atoms. The molecule has 3 aromatic rings. The first-order chi connectivity index (χ1) is 10.6. The Morgan fingerprint density at radius 2 is 2.23 bits per heavy atom. The molecule has 0 fully saturated rings. The van der Waals surface area contributed by atoms with Gasteiger partial charge < -0.3 is 9.88 Å². The maximum Gasteiger partial charge on any atom is 0.291 e. The van der Waals surface area contributed by atoms with Gasteiger partial charge in [0, 0.05) is 11.6 Å². The number of imidazole rings is 1. The van der Waals surface area contributed by atoms with E-state index in [-0.39, 0.29) is 17.6 Å². The molecule has 22 heavy (non-hydrogen) atoms. The Balaban J connectivity index is 1.88. The second-order valence-corrected chi connectivity index (χ2v) is 6.08. The van der Waals surface area contributed by atoms with Crippen molar-refractivity contribution in [3.05, 3.63) is 35.8 Å². The molecule has 1 N–H and O–H groups in total. The number of nitrogens with zero attached hydrogens (tertiary/aromatic N) is 3. The third kappa shape index (κ3) is 3.25. The number of nitrogens with one attached hydrogen (secondary N) is 1. The van der Waals surface area contributed by atoms with Gasteiger partial charge in [0.1, 0.15) is 6.54 Å². The molecule has 0 aliphatic carbocycles. The molecule has 114 valence electrons. The highest BCUT2D eigenvalue weighted by atomic mass is 32.2. The van der Waals surface area contributed by atoms with E-state index in [2.05, 4.69) is 15.3 Å². The lowest BCUT2D eigenvalue weighted by atomic mass is 10.3. The highest BCUT2D eigenvalue weighted by molar-refractivity contribution is 7.99. The molecule has 0 unspecified atom stereocenters. The van der Waals surface area contributed by atoms with Crippen LogP contribution in [0.4, 0.5) is 13.9 Å². The second kappa shape index (κ2) is 6.41. The number of thioether (sulfide) groups is 1. The summed E-state index contributed by atoms with van der Waals surface area (Å²) in [5.74, 6) is -2.94. The van der Waals surface area contributed by atoms with Crippen LogP contribution in [-0.2, 0) is 11.3 Å². The van der Waals surface area contributed by atoms with Gasteiger partial charge in [-0.05, 0) is 23.9 Å². The van der Waals surface area contributed by atoms with Crippen molar-refractivity contribution in [3.63, 3.8) is 0 Å². The van der Waals surface area contributed by atoms with Crippen LogP contribution in [0.5, 0.6) is 0 Å². The lowest BCUT2D eigenvalue weighted by molar-refractivity contribution is -0.116. The number of carbonyl (C=O) groups excluding carboxylic acids is 1. The minimum atomic E-state index is -2.60. The van der Waals surface area contributed by atoms with Gasteiger partial charge in [0.25, 0.3) is 5.76 Å². The predicted octanol–water partition coefficient (Wildman–Crippen LogP) is 3.45. The number of rotatable bonds is 5. The van der Waals surface area contributed by atoms with Crippen LogP contribution in [0, 0.1) is 0 Å². The van der Waals surface area contributed by atoms with E-state index in [0.717, 1.165) is 0 Å². The molecule has 0 aliphatic heterocycles. The van der Waals surface area contributed by atoms with Crippen LogP contribution in [0.2, 0.25) is 0 Å². The summed E-state index contributed by atoms with van der Waals surface area (Å²) in [5.41, 5.74) is 1.22. The Kier molecular flexibility index (Phi) is 4.34. The summed E-state index contributed by atoms with van der Waals surface area (Å²) in [7, 11) is 0. The smallest absolute Gasteiger partial charge is 0.291 e. The molecule has 5 nitrogen and oxygen atoms in total. The molecule has 1 amide bonds. The molecule has 0 spiro atoms. The van der Waals surface area contributed by atoms with E-state index < -0.39 is 5.76 Å². The molecule has 1 aromatic carbocycles. The van der Waals surface area contributed by atoms with Crippen molar-refractivity contribution in [1.29, 1.82) is 0 Å². The van der Waals surface area contributed by atoms with E-state index in [9.17, 15) is 13.6 Å². The highest BCUT2D eigenvalue weighted by Gasteiger charge is 2.18. The van der Waals surface area contributed by atoms with E-state index >= 15 is 0 Å². The van der Waals surface area contributed by atoms with Crippen molar-refractivity contribution in [2.45, 2.75) is 17.5 Å². The molecular weight excluding hydrogens is 330 g/mol. The van der Waals surface area contributed by atoms with E-state index in [4.69, 9.17) is 0 Å². The number of aromatic nitrogens is 3. The van der Waals surface area contributed by atoms with Gasteiger partial charge in [0.2, 0.25) is 5.91 Å². The summed E-state index contributed by atoms with van der Waals surface area (Å²) in [4.78, 5) is 20.2. The summed E-state index contributed by atoms with van der Waals surface area (Å²) in [5, 5.41) is 4.95. The summed E-state index contributed by atoms with van der Waals surface area (Å²) in [6.07, 6.45) is 1.57. The van der Waals surface area contributed by atoms with Crippen LogP contribution < -0.4 is 5.32 Å². The Morgan fingerprint density at radius 1 is 1.41 bits per heavy atom. The van der Waals surface area contributed by atoms with Crippen LogP contribution in [0.1, 0.15) is 0 Å². The van der Waals surface area contributed by atoms with Gasteiger partial charge in [0.15, 0.2) is 10.3 Å². The van der Waals surface area contributed by atoms with E-state index in [0.29, 0.717) is 27.9 Å². The fourth-order valence-electron chi connectivity index (χ4n) is 1.96. The minimum absolute atomic E-state index is 0.102. The predicted molar refractivity (Wildman–Crippen MR) is 82.3 cm³/mol. The molecule has 2 aromatic heterocycles. The Hall–Kier alpha value is -2.00. The van der Waals surface area contributed by atoms with E-state index in [1.165, 1.54) is 15.9 Å². The summed E-state index contributed by atoms with van der Waals surface area (Å²) in [6.45, 7) is -0.102. The second-order valence-electron chi connectivity index (χ2n) is 4.23. The van der Waals surface area contributed by atoms with E-state index in [1.807, 2.05) is 0 Å². The number of benzene rings is 1. The molecule has 3 rings (SSSR count). The Morgan fingerprint density at radius 3 is 2.95 bits per heavy atom. The van der Waals surface area contributed by atoms with E-state index in [1.54, 1.807) is 35.8 Å². The van der Waals surface area contributed by atoms with Crippen molar-refractivity contribution < 1.29 is 13.6 Å². The van der Waals surface area contributed by atoms with Crippen LogP contribution in [-0.4, -0.2) is 26.2 Å². The molecule has 9 heteroatoms. The quantitative estimate of drug-likeness (QED) is 0.723. The maximum absolute atomic E-state index is 12.7. The topological polar surface area (TPSA) is 59.8 Å². The number of hydrogen-bond donors (Lipinski definition) is 1. The highest BCUT2D eigenvalue weighted by Crippen LogP contribution is 2.28. The molecule has 0 atom stereocenters. The number of alkyl halides is 2.